The minimum Gasteiger partial charge on any atom is -0.279 e. The zero-order valence-corrected chi connectivity index (χ0v) is 27.3. The molecule has 238 valence electrons. The highest BCUT2D eigenvalue weighted by Crippen LogP contribution is 2.42. The van der Waals surface area contributed by atoms with Crippen molar-refractivity contribution in [2.75, 3.05) is 0 Å². The fraction of sp³-hybridized carbons (Fsp3) is 0.0652. The summed E-state index contributed by atoms with van der Waals surface area (Å²) in [4.78, 5) is 0. The predicted molar refractivity (Wildman–Crippen MR) is 205 cm³/mol. The first-order valence-corrected chi connectivity index (χ1v) is 17.1. The van der Waals surface area contributed by atoms with Crippen LogP contribution in [0.4, 0.5) is 0 Å². The molecule has 3 unspecified atom stereocenters. The van der Waals surface area contributed by atoms with Gasteiger partial charge in [0, 0.05) is 0 Å². The van der Waals surface area contributed by atoms with Crippen LogP contribution in [0.15, 0.2) is 170 Å². The van der Waals surface area contributed by atoms with E-state index in [1.807, 2.05) is 24.3 Å². The van der Waals surface area contributed by atoms with Gasteiger partial charge in [-0.05, 0) is 95.5 Å². The molecular weight excluding hydrogens is 609 g/mol. The number of nitrogens with one attached hydrogen (secondary N) is 3. The lowest BCUT2D eigenvalue weighted by Gasteiger charge is -2.40. The maximum Gasteiger partial charge on any atom is 0.0991 e. The van der Waals surface area contributed by atoms with Gasteiger partial charge in [-0.25, -0.2) is 0 Å². The maximum absolute atomic E-state index is 9.32. The Labute approximate surface area is 291 Å². The molecule has 3 atom stereocenters. The molecule has 1 heterocycles. The van der Waals surface area contributed by atoms with Crippen LogP contribution in [-0.4, -0.2) is 0 Å². The van der Waals surface area contributed by atoms with Gasteiger partial charge in [-0.15, -0.1) is 0 Å². The van der Waals surface area contributed by atoms with Gasteiger partial charge in [-0.1, -0.05) is 146 Å². The van der Waals surface area contributed by atoms with E-state index in [1.54, 1.807) is 0 Å². The Kier molecular flexibility index (Phi) is 7.65. The first kappa shape index (κ1) is 30.0. The van der Waals surface area contributed by atoms with E-state index in [9.17, 15) is 5.26 Å². The van der Waals surface area contributed by atoms with Crippen LogP contribution < -0.4 is 16.0 Å². The van der Waals surface area contributed by atoms with E-state index in [1.165, 1.54) is 54.6 Å². The Morgan fingerprint density at radius 2 is 1.08 bits per heavy atom. The number of fused-ring (bicyclic) bond motifs is 4. The van der Waals surface area contributed by atoms with Gasteiger partial charge in [-0.2, -0.15) is 5.26 Å². The van der Waals surface area contributed by atoms with E-state index in [0.29, 0.717) is 5.56 Å². The molecule has 1 fully saturated rings. The third-order valence-corrected chi connectivity index (χ3v) is 10.0. The summed E-state index contributed by atoms with van der Waals surface area (Å²) >= 11 is 0. The molecule has 0 aromatic heterocycles. The number of rotatable bonds is 5. The molecule has 8 aromatic carbocycles. The third kappa shape index (κ3) is 5.41. The molecule has 0 saturated carbocycles. The van der Waals surface area contributed by atoms with Crippen LogP contribution in [0.1, 0.15) is 40.8 Å². The van der Waals surface area contributed by atoms with E-state index < -0.39 is 0 Å². The topological polar surface area (TPSA) is 59.9 Å². The molecule has 0 amide bonds. The molecule has 50 heavy (non-hydrogen) atoms. The van der Waals surface area contributed by atoms with Crippen molar-refractivity contribution in [2.45, 2.75) is 18.5 Å². The van der Waals surface area contributed by atoms with Crippen molar-refractivity contribution in [3.63, 3.8) is 0 Å². The summed E-state index contributed by atoms with van der Waals surface area (Å²) in [5.41, 5.74) is 8.80. The van der Waals surface area contributed by atoms with Gasteiger partial charge in [0.2, 0.25) is 0 Å². The summed E-state index contributed by atoms with van der Waals surface area (Å²) in [6.45, 7) is 0. The standard InChI is InChI=1S/C46H34N4/c47-29-30-21-23-31(24-22-30)34-15-10-16-36(27-34)45-48-44(33-12-2-1-3-13-33)49-46(50-45)41-20-9-8-19-39(41)43-38-18-7-5-14-35(38)28-42-37-17-6-4-11-32(37)25-26-40(42)43/h1-28,44-46,48-50H. The fourth-order valence-electron chi connectivity index (χ4n) is 7.58. The van der Waals surface area contributed by atoms with Gasteiger partial charge in [0.1, 0.15) is 0 Å². The zero-order chi connectivity index (χ0) is 33.4. The Morgan fingerprint density at radius 3 is 1.90 bits per heavy atom. The van der Waals surface area contributed by atoms with Crippen molar-refractivity contribution in [3.05, 3.63) is 192 Å². The Hall–Kier alpha value is -6.09. The highest BCUT2D eigenvalue weighted by Gasteiger charge is 2.31. The van der Waals surface area contributed by atoms with Crippen LogP contribution in [0.3, 0.4) is 0 Å². The minimum absolute atomic E-state index is 0.104. The predicted octanol–water partition coefficient (Wildman–Crippen LogP) is 10.5. The fourth-order valence-corrected chi connectivity index (χ4v) is 7.58. The van der Waals surface area contributed by atoms with Crippen LogP contribution >= 0.6 is 0 Å². The Morgan fingerprint density at radius 1 is 0.420 bits per heavy atom. The van der Waals surface area contributed by atoms with Crippen molar-refractivity contribution >= 4 is 32.3 Å². The van der Waals surface area contributed by atoms with Gasteiger partial charge in [0.05, 0.1) is 30.1 Å². The summed E-state index contributed by atoms with van der Waals surface area (Å²) in [5, 5.41) is 28.5. The third-order valence-electron chi connectivity index (χ3n) is 10.0. The highest BCUT2D eigenvalue weighted by atomic mass is 15.4. The lowest BCUT2D eigenvalue weighted by Crippen LogP contribution is -2.54. The van der Waals surface area contributed by atoms with Crippen LogP contribution in [0, 0.1) is 11.3 Å². The molecule has 1 aliphatic heterocycles. The number of nitriles is 1. The van der Waals surface area contributed by atoms with Gasteiger partial charge in [0.15, 0.2) is 0 Å². The Balaban J connectivity index is 1.19. The normalized spacial score (nSPS) is 17.5. The van der Waals surface area contributed by atoms with Crippen molar-refractivity contribution in [1.29, 1.82) is 5.26 Å². The van der Waals surface area contributed by atoms with Crippen molar-refractivity contribution in [1.82, 2.24) is 16.0 Å². The summed E-state index contributed by atoms with van der Waals surface area (Å²) in [6, 6.07) is 62.4. The molecule has 8 aromatic rings. The molecule has 9 rings (SSSR count). The number of benzene rings is 8. The molecule has 0 bridgehead atoms. The average molecular weight is 643 g/mol. The van der Waals surface area contributed by atoms with Crippen LogP contribution in [0.25, 0.3) is 54.6 Å². The van der Waals surface area contributed by atoms with Crippen LogP contribution in [0.5, 0.6) is 0 Å². The Bertz CT molecular complexity index is 2550. The summed E-state index contributed by atoms with van der Waals surface area (Å²) < 4.78 is 0. The second kappa shape index (κ2) is 12.7. The summed E-state index contributed by atoms with van der Waals surface area (Å²) in [7, 11) is 0. The quantitative estimate of drug-likeness (QED) is 0.129. The lowest BCUT2D eigenvalue weighted by molar-refractivity contribution is 0.203. The van der Waals surface area contributed by atoms with E-state index >= 15 is 0 Å². The first-order chi connectivity index (χ1) is 24.7. The number of hydrogen-bond donors (Lipinski definition) is 3. The second-order valence-electron chi connectivity index (χ2n) is 13.0. The van der Waals surface area contributed by atoms with E-state index in [-0.39, 0.29) is 18.5 Å². The molecule has 1 saturated heterocycles. The lowest BCUT2D eigenvalue weighted by atomic mass is 9.87. The smallest absolute Gasteiger partial charge is 0.0991 e. The van der Waals surface area contributed by atoms with E-state index in [0.717, 1.165) is 16.7 Å². The van der Waals surface area contributed by atoms with Crippen molar-refractivity contribution in [3.8, 4) is 28.3 Å². The van der Waals surface area contributed by atoms with Gasteiger partial charge < -0.3 is 0 Å². The molecule has 0 radical (unpaired) electrons. The monoisotopic (exact) mass is 642 g/mol. The van der Waals surface area contributed by atoms with Crippen molar-refractivity contribution < 1.29 is 0 Å². The number of nitrogens with zero attached hydrogens (tertiary/aromatic N) is 1. The summed E-state index contributed by atoms with van der Waals surface area (Å²) in [5.74, 6) is 0. The minimum atomic E-state index is -0.171. The highest BCUT2D eigenvalue weighted by molar-refractivity contribution is 6.20. The van der Waals surface area contributed by atoms with E-state index in [4.69, 9.17) is 0 Å². The molecule has 4 heteroatoms. The molecular formula is C46H34N4. The molecule has 3 N–H and O–H groups in total. The largest absolute Gasteiger partial charge is 0.279 e. The molecule has 1 aliphatic rings. The number of hydrogen-bond acceptors (Lipinski definition) is 4. The van der Waals surface area contributed by atoms with Crippen LogP contribution in [0.2, 0.25) is 0 Å². The van der Waals surface area contributed by atoms with Crippen LogP contribution in [-0.2, 0) is 0 Å². The second-order valence-corrected chi connectivity index (χ2v) is 13.0. The molecule has 0 spiro atoms. The summed E-state index contributed by atoms with van der Waals surface area (Å²) in [6.07, 6.45) is -0.422. The zero-order valence-electron chi connectivity index (χ0n) is 27.3. The molecule has 0 aliphatic carbocycles. The molecule has 4 nitrogen and oxygen atoms in total. The van der Waals surface area contributed by atoms with Gasteiger partial charge in [-0.3, -0.25) is 16.0 Å². The van der Waals surface area contributed by atoms with Gasteiger partial charge >= 0.3 is 0 Å². The first-order valence-electron chi connectivity index (χ1n) is 17.1. The van der Waals surface area contributed by atoms with Crippen molar-refractivity contribution in [2.24, 2.45) is 0 Å². The average Bonchev–Trinajstić information content (AvgIpc) is 3.20. The SMILES string of the molecule is N#Cc1ccc(-c2cccc(C3NC(c4ccccc4)NC(c4ccccc4-c4c5ccccc5cc5c4ccc4ccccc45)N3)c2)cc1. The van der Waals surface area contributed by atoms with Gasteiger partial charge in [0.25, 0.3) is 0 Å². The maximum atomic E-state index is 9.32. The van der Waals surface area contributed by atoms with E-state index in [2.05, 4.69) is 168 Å².